The summed E-state index contributed by atoms with van der Waals surface area (Å²) in [5.41, 5.74) is 1.50. The molecule has 23 heavy (non-hydrogen) atoms. The van der Waals surface area contributed by atoms with Crippen LogP contribution in [0.25, 0.3) is 12.2 Å². The highest BCUT2D eigenvalue weighted by molar-refractivity contribution is 5.75. The van der Waals surface area contributed by atoms with E-state index >= 15 is 0 Å². The first-order chi connectivity index (χ1) is 11.1. The number of phenols is 1. The summed E-state index contributed by atoms with van der Waals surface area (Å²) in [5, 5.41) is 10.2. The van der Waals surface area contributed by atoms with Crippen molar-refractivity contribution in [1.29, 1.82) is 0 Å². The maximum atomic E-state index is 10.2. The second-order valence-corrected chi connectivity index (χ2v) is 4.72. The molecule has 0 aliphatic rings. The van der Waals surface area contributed by atoms with Gasteiger partial charge in [-0.2, -0.15) is 0 Å². The van der Waals surface area contributed by atoms with Crippen molar-refractivity contribution in [3.8, 4) is 28.7 Å². The highest BCUT2D eigenvalue weighted by Crippen LogP contribution is 2.36. The van der Waals surface area contributed by atoms with Crippen molar-refractivity contribution in [2.24, 2.45) is 0 Å². The first-order valence-electron chi connectivity index (χ1n) is 6.98. The minimum absolute atomic E-state index is 0.0602. The van der Waals surface area contributed by atoms with Gasteiger partial charge in [0, 0.05) is 11.6 Å². The van der Waals surface area contributed by atoms with Crippen molar-refractivity contribution >= 4 is 12.2 Å². The summed E-state index contributed by atoms with van der Waals surface area (Å²) >= 11 is 0. The fourth-order valence-corrected chi connectivity index (χ4v) is 2.15. The summed E-state index contributed by atoms with van der Waals surface area (Å²) in [7, 11) is 6.24. The molecule has 0 saturated heterocycles. The molecule has 0 aliphatic carbocycles. The molecule has 0 unspecified atom stereocenters. The second kappa shape index (κ2) is 7.45. The number of hydrogen-bond donors (Lipinski definition) is 1. The van der Waals surface area contributed by atoms with E-state index in [0.717, 1.165) is 5.56 Å². The molecule has 122 valence electrons. The van der Waals surface area contributed by atoms with Gasteiger partial charge >= 0.3 is 0 Å². The van der Waals surface area contributed by atoms with Crippen LogP contribution in [0.5, 0.6) is 28.7 Å². The van der Waals surface area contributed by atoms with Crippen molar-refractivity contribution in [2.75, 3.05) is 28.4 Å². The third-order valence-corrected chi connectivity index (χ3v) is 3.40. The lowest BCUT2D eigenvalue weighted by atomic mass is 10.1. The first-order valence-corrected chi connectivity index (χ1v) is 6.98. The summed E-state index contributed by atoms with van der Waals surface area (Å²) < 4.78 is 20.8. The van der Waals surface area contributed by atoms with E-state index in [-0.39, 0.29) is 5.75 Å². The van der Waals surface area contributed by atoms with E-state index in [9.17, 15) is 5.11 Å². The zero-order valence-electron chi connectivity index (χ0n) is 13.6. The van der Waals surface area contributed by atoms with Crippen LogP contribution in [-0.2, 0) is 0 Å². The van der Waals surface area contributed by atoms with Crippen LogP contribution in [0.1, 0.15) is 11.1 Å². The molecule has 0 bridgehead atoms. The average molecular weight is 316 g/mol. The van der Waals surface area contributed by atoms with Gasteiger partial charge in [0.2, 0.25) is 0 Å². The number of aromatic hydroxyl groups is 1. The summed E-state index contributed by atoms with van der Waals surface area (Å²) in [4.78, 5) is 0. The van der Waals surface area contributed by atoms with E-state index in [1.54, 1.807) is 39.5 Å². The molecule has 2 aromatic rings. The minimum Gasteiger partial charge on any atom is -0.504 e. The van der Waals surface area contributed by atoms with Crippen LogP contribution in [0.4, 0.5) is 0 Å². The predicted octanol–water partition coefficient (Wildman–Crippen LogP) is 3.60. The molecule has 5 heteroatoms. The van der Waals surface area contributed by atoms with Gasteiger partial charge in [-0.1, -0.05) is 18.2 Å². The predicted molar refractivity (Wildman–Crippen MR) is 89.7 cm³/mol. The van der Waals surface area contributed by atoms with Crippen LogP contribution < -0.4 is 18.9 Å². The molecule has 1 N–H and O–H groups in total. The van der Waals surface area contributed by atoms with Gasteiger partial charge in [-0.05, 0) is 23.8 Å². The highest BCUT2D eigenvalue weighted by atomic mass is 16.5. The van der Waals surface area contributed by atoms with E-state index in [1.807, 2.05) is 24.3 Å². The monoisotopic (exact) mass is 316 g/mol. The van der Waals surface area contributed by atoms with Crippen LogP contribution in [0.3, 0.4) is 0 Å². The lowest BCUT2D eigenvalue weighted by molar-refractivity contribution is 0.355. The molecule has 0 fully saturated rings. The molecule has 0 aliphatic heterocycles. The molecule has 0 radical (unpaired) electrons. The summed E-state index contributed by atoms with van der Waals surface area (Å²) in [6.45, 7) is 0. The second-order valence-electron chi connectivity index (χ2n) is 4.72. The van der Waals surface area contributed by atoms with Crippen molar-refractivity contribution in [1.82, 2.24) is 0 Å². The van der Waals surface area contributed by atoms with Crippen LogP contribution >= 0.6 is 0 Å². The Hall–Kier alpha value is -2.82. The minimum atomic E-state index is 0.0602. The van der Waals surface area contributed by atoms with Gasteiger partial charge in [-0.25, -0.2) is 0 Å². The Balaban J connectivity index is 2.36. The van der Waals surface area contributed by atoms with Crippen LogP contribution in [0.15, 0.2) is 30.3 Å². The summed E-state index contributed by atoms with van der Waals surface area (Å²) in [5.74, 6) is 2.32. The zero-order chi connectivity index (χ0) is 16.8. The smallest absolute Gasteiger partial charge is 0.165 e. The third-order valence-electron chi connectivity index (χ3n) is 3.40. The van der Waals surface area contributed by atoms with Crippen LogP contribution in [0.2, 0.25) is 0 Å². The Morgan fingerprint density at radius 3 is 2.04 bits per heavy atom. The van der Waals surface area contributed by atoms with Crippen molar-refractivity contribution in [2.45, 2.75) is 0 Å². The Labute approximate surface area is 135 Å². The molecular formula is C18H20O5. The maximum absolute atomic E-state index is 10.2. The average Bonchev–Trinajstić information content (AvgIpc) is 2.60. The van der Waals surface area contributed by atoms with E-state index in [1.165, 1.54) is 7.11 Å². The fraction of sp³-hybridized carbons (Fsp3) is 0.222. The molecule has 0 spiro atoms. The van der Waals surface area contributed by atoms with Gasteiger partial charge in [0.25, 0.3) is 0 Å². The number of benzene rings is 2. The van der Waals surface area contributed by atoms with Crippen molar-refractivity contribution < 1.29 is 24.1 Å². The van der Waals surface area contributed by atoms with Gasteiger partial charge in [0.1, 0.15) is 5.75 Å². The lowest BCUT2D eigenvalue weighted by Gasteiger charge is -2.10. The van der Waals surface area contributed by atoms with E-state index in [0.29, 0.717) is 28.6 Å². The number of hydrogen-bond acceptors (Lipinski definition) is 5. The molecule has 0 aromatic heterocycles. The summed E-state index contributed by atoms with van der Waals surface area (Å²) in [6, 6.07) is 8.93. The normalized spacial score (nSPS) is 10.6. The third kappa shape index (κ3) is 3.69. The van der Waals surface area contributed by atoms with Crippen LogP contribution in [-0.4, -0.2) is 33.5 Å². The topological polar surface area (TPSA) is 57.2 Å². The molecule has 0 heterocycles. The van der Waals surface area contributed by atoms with Gasteiger partial charge in [-0.3, -0.25) is 0 Å². The molecule has 2 rings (SSSR count). The molecule has 5 nitrogen and oxygen atoms in total. The first kappa shape index (κ1) is 16.5. The highest BCUT2D eigenvalue weighted by Gasteiger charge is 2.09. The van der Waals surface area contributed by atoms with Crippen LogP contribution in [0, 0.1) is 0 Å². The Morgan fingerprint density at radius 2 is 1.43 bits per heavy atom. The van der Waals surface area contributed by atoms with Gasteiger partial charge < -0.3 is 24.1 Å². The fourth-order valence-electron chi connectivity index (χ4n) is 2.15. The maximum Gasteiger partial charge on any atom is 0.165 e. The quantitative estimate of drug-likeness (QED) is 0.825. The zero-order valence-corrected chi connectivity index (χ0v) is 13.6. The van der Waals surface area contributed by atoms with Gasteiger partial charge in [0.15, 0.2) is 23.0 Å². The van der Waals surface area contributed by atoms with Crippen molar-refractivity contribution in [3.05, 3.63) is 41.5 Å². The van der Waals surface area contributed by atoms with E-state index in [4.69, 9.17) is 18.9 Å². The number of rotatable bonds is 6. The summed E-state index contributed by atoms with van der Waals surface area (Å²) in [6.07, 6.45) is 3.64. The Morgan fingerprint density at radius 1 is 0.739 bits per heavy atom. The number of ether oxygens (including phenoxy) is 4. The number of phenolic OH excluding ortho intramolecular Hbond substituents is 1. The Kier molecular flexibility index (Phi) is 5.36. The lowest BCUT2D eigenvalue weighted by Crippen LogP contribution is -1.91. The van der Waals surface area contributed by atoms with E-state index in [2.05, 4.69) is 0 Å². The van der Waals surface area contributed by atoms with E-state index < -0.39 is 0 Å². The van der Waals surface area contributed by atoms with Gasteiger partial charge in [0.05, 0.1) is 28.4 Å². The Bertz CT molecular complexity index is 707. The molecule has 2 aromatic carbocycles. The molecule has 0 atom stereocenters. The molecular weight excluding hydrogens is 296 g/mol. The SMILES string of the molecule is COc1cc(/C=C\c2ccc(OC)c(OC)c2)c(O)c(OC)c1. The molecule has 0 amide bonds. The number of methoxy groups -OCH3 is 4. The van der Waals surface area contributed by atoms with Crippen molar-refractivity contribution in [3.63, 3.8) is 0 Å². The largest absolute Gasteiger partial charge is 0.504 e. The standard InChI is InChI=1S/C18H20O5/c1-20-14-10-13(18(19)17(11-14)23-4)7-5-12-6-8-15(21-2)16(9-12)22-3/h5-11,19H,1-4H3/b7-5-. The molecule has 0 saturated carbocycles. The van der Waals surface area contributed by atoms with Gasteiger partial charge in [-0.15, -0.1) is 0 Å².